The van der Waals surface area contributed by atoms with Crippen LogP contribution >= 0.6 is 11.6 Å². The van der Waals surface area contributed by atoms with E-state index in [2.05, 4.69) is 10.6 Å². The van der Waals surface area contributed by atoms with Crippen molar-refractivity contribution in [2.24, 2.45) is 5.92 Å². The Hall–Kier alpha value is -2.93. The molecule has 2 aliphatic rings. The maximum atomic E-state index is 13.2. The van der Waals surface area contributed by atoms with Gasteiger partial charge in [-0.25, -0.2) is 4.39 Å². The predicted molar refractivity (Wildman–Crippen MR) is 128 cm³/mol. The summed E-state index contributed by atoms with van der Waals surface area (Å²) in [5.41, 5.74) is 0.877. The molecule has 8 heteroatoms. The number of nitrogens with one attached hydrogen (secondary N) is 2. The number of amides is 3. The van der Waals surface area contributed by atoms with E-state index in [4.69, 9.17) is 11.6 Å². The van der Waals surface area contributed by atoms with Crippen LogP contribution in [-0.2, 0) is 4.79 Å². The number of carbonyl (C=O) groups excluding carboxylic acids is 3. The molecule has 1 heterocycles. The minimum absolute atomic E-state index is 0.0298. The Morgan fingerprint density at radius 1 is 0.853 bits per heavy atom. The van der Waals surface area contributed by atoms with E-state index < -0.39 is 0 Å². The van der Waals surface area contributed by atoms with Crippen LogP contribution in [0.1, 0.15) is 59.2 Å². The molecule has 2 aromatic rings. The van der Waals surface area contributed by atoms with Gasteiger partial charge in [0.2, 0.25) is 5.91 Å². The quantitative estimate of drug-likeness (QED) is 0.666. The largest absolute Gasteiger partial charge is 0.351 e. The molecule has 6 nitrogen and oxygen atoms in total. The van der Waals surface area contributed by atoms with Crippen molar-refractivity contribution in [3.05, 3.63) is 70.5 Å². The normalized spacial score (nSPS) is 21.1. The van der Waals surface area contributed by atoms with Gasteiger partial charge in [0, 0.05) is 36.7 Å². The summed E-state index contributed by atoms with van der Waals surface area (Å²) in [6.45, 7) is 0.995. The van der Waals surface area contributed by atoms with Crippen molar-refractivity contribution in [1.29, 1.82) is 0 Å². The lowest BCUT2D eigenvalue weighted by Crippen LogP contribution is -2.55. The van der Waals surface area contributed by atoms with Gasteiger partial charge >= 0.3 is 0 Å². The molecule has 2 N–H and O–H groups in total. The van der Waals surface area contributed by atoms with Crippen LogP contribution in [0.5, 0.6) is 0 Å². The van der Waals surface area contributed by atoms with Crippen LogP contribution in [0.4, 0.5) is 4.39 Å². The number of nitrogens with zero attached hydrogens (tertiary/aromatic N) is 1. The smallest absolute Gasteiger partial charge is 0.255 e. The van der Waals surface area contributed by atoms with E-state index >= 15 is 0 Å². The van der Waals surface area contributed by atoms with Crippen molar-refractivity contribution < 1.29 is 18.8 Å². The highest BCUT2D eigenvalue weighted by molar-refractivity contribution is 6.33. The van der Waals surface area contributed by atoms with Gasteiger partial charge in [-0.1, -0.05) is 36.6 Å². The summed E-state index contributed by atoms with van der Waals surface area (Å²) in [5.74, 6) is -0.972. The summed E-state index contributed by atoms with van der Waals surface area (Å²) in [4.78, 5) is 40.1. The highest BCUT2D eigenvalue weighted by Gasteiger charge is 2.33. The Kier molecular flexibility index (Phi) is 7.83. The van der Waals surface area contributed by atoms with E-state index in [-0.39, 0.29) is 41.5 Å². The van der Waals surface area contributed by atoms with Crippen molar-refractivity contribution >= 4 is 29.3 Å². The zero-order chi connectivity index (χ0) is 24.1. The third kappa shape index (κ3) is 5.76. The number of piperidine rings is 1. The van der Waals surface area contributed by atoms with Gasteiger partial charge in [0.05, 0.1) is 10.6 Å². The van der Waals surface area contributed by atoms with E-state index in [0.717, 1.165) is 25.7 Å². The molecule has 34 heavy (non-hydrogen) atoms. The fraction of sp³-hybridized carbons (Fsp3) is 0.423. The van der Waals surface area contributed by atoms with Crippen LogP contribution in [-0.4, -0.2) is 47.8 Å². The molecular weight excluding hydrogens is 457 g/mol. The standard InChI is InChI=1S/C26H29ClFN3O3/c27-21-6-2-1-5-20(21)26(34)31-15-13-18(14-16-31)25(33)30-23-8-4-3-7-22(23)29-24(32)17-9-11-19(28)12-10-17/h1-2,5-6,9-12,18,22-23H,3-4,7-8,13-16H2,(H,29,32)(H,30,33)/t22-,23?/m1/s1. The SMILES string of the molecule is O=C(N[C@@H]1CCCCC1NC(=O)C1CCN(C(=O)c2ccccc2Cl)CC1)c1ccc(F)cc1. The summed E-state index contributed by atoms with van der Waals surface area (Å²) in [6.07, 6.45) is 4.71. The monoisotopic (exact) mass is 485 g/mol. The van der Waals surface area contributed by atoms with E-state index in [1.54, 1.807) is 29.2 Å². The summed E-state index contributed by atoms with van der Waals surface area (Å²) >= 11 is 6.16. The Morgan fingerprint density at radius 3 is 2.12 bits per heavy atom. The fourth-order valence-electron chi connectivity index (χ4n) is 4.78. The highest BCUT2D eigenvalue weighted by atomic mass is 35.5. The van der Waals surface area contributed by atoms with Gasteiger partial charge in [-0.15, -0.1) is 0 Å². The van der Waals surface area contributed by atoms with Crippen LogP contribution in [0, 0.1) is 11.7 Å². The van der Waals surface area contributed by atoms with Crippen LogP contribution in [0.25, 0.3) is 0 Å². The molecule has 4 rings (SSSR count). The number of carbonyl (C=O) groups is 3. The van der Waals surface area contributed by atoms with E-state index in [1.165, 1.54) is 24.3 Å². The topological polar surface area (TPSA) is 78.5 Å². The molecule has 0 bridgehead atoms. The number of hydrogen-bond acceptors (Lipinski definition) is 3. The number of rotatable bonds is 5. The molecule has 3 amide bonds. The minimum Gasteiger partial charge on any atom is -0.351 e. The second kappa shape index (κ2) is 11.0. The third-order valence-corrected chi connectivity index (χ3v) is 7.10. The average Bonchev–Trinajstić information content (AvgIpc) is 2.85. The minimum atomic E-state index is -0.390. The first-order chi connectivity index (χ1) is 16.4. The van der Waals surface area contributed by atoms with Crippen molar-refractivity contribution in [2.45, 2.75) is 50.6 Å². The lowest BCUT2D eigenvalue weighted by molar-refractivity contribution is -0.127. The van der Waals surface area contributed by atoms with Crippen LogP contribution in [0.2, 0.25) is 5.02 Å². The van der Waals surface area contributed by atoms with E-state index in [9.17, 15) is 18.8 Å². The molecule has 1 aliphatic heterocycles. The third-order valence-electron chi connectivity index (χ3n) is 6.77. The van der Waals surface area contributed by atoms with Gasteiger partial charge in [-0.3, -0.25) is 14.4 Å². The zero-order valence-electron chi connectivity index (χ0n) is 18.9. The first-order valence-electron chi connectivity index (χ1n) is 11.8. The van der Waals surface area contributed by atoms with Crippen molar-refractivity contribution in [3.8, 4) is 0 Å². The molecule has 1 aliphatic carbocycles. The fourth-order valence-corrected chi connectivity index (χ4v) is 5.00. The van der Waals surface area contributed by atoms with Crippen LogP contribution in [0.3, 0.4) is 0 Å². The molecule has 0 radical (unpaired) electrons. The Labute approximate surface area is 203 Å². The number of benzene rings is 2. The van der Waals surface area contributed by atoms with Gasteiger partial charge < -0.3 is 15.5 Å². The highest BCUT2D eigenvalue weighted by Crippen LogP contribution is 2.24. The molecular formula is C26H29ClFN3O3. The molecule has 2 aromatic carbocycles. The molecule has 1 saturated heterocycles. The van der Waals surface area contributed by atoms with Gasteiger partial charge in [0.1, 0.15) is 5.82 Å². The van der Waals surface area contributed by atoms with Gasteiger partial charge in [-0.05, 0) is 62.1 Å². The lowest BCUT2D eigenvalue weighted by atomic mass is 9.88. The summed E-state index contributed by atoms with van der Waals surface area (Å²) in [5, 5.41) is 6.60. The molecule has 1 unspecified atom stereocenters. The second-order valence-electron chi connectivity index (χ2n) is 9.03. The van der Waals surface area contributed by atoms with Gasteiger partial charge in [0.25, 0.3) is 11.8 Å². The molecule has 2 fully saturated rings. The Morgan fingerprint density at radius 2 is 1.47 bits per heavy atom. The molecule has 2 atom stereocenters. The van der Waals surface area contributed by atoms with E-state index in [1.807, 2.05) is 0 Å². The lowest BCUT2D eigenvalue weighted by Gasteiger charge is -2.36. The van der Waals surface area contributed by atoms with Crippen molar-refractivity contribution in [1.82, 2.24) is 15.5 Å². The summed E-state index contributed by atoms with van der Waals surface area (Å²) < 4.78 is 13.2. The maximum Gasteiger partial charge on any atom is 0.255 e. The summed E-state index contributed by atoms with van der Waals surface area (Å²) in [6, 6.07) is 12.1. The van der Waals surface area contributed by atoms with Crippen LogP contribution in [0.15, 0.2) is 48.5 Å². The van der Waals surface area contributed by atoms with Gasteiger partial charge in [-0.2, -0.15) is 0 Å². The van der Waals surface area contributed by atoms with Crippen molar-refractivity contribution in [2.75, 3.05) is 13.1 Å². The first kappa shape index (κ1) is 24.2. The van der Waals surface area contributed by atoms with E-state index in [0.29, 0.717) is 42.1 Å². The Balaban J connectivity index is 1.31. The van der Waals surface area contributed by atoms with Gasteiger partial charge in [0.15, 0.2) is 0 Å². The molecule has 180 valence electrons. The zero-order valence-corrected chi connectivity index (χ0v) is 19.7. The molecule has 0 spiro atoms. The molecule has 1 saturated carbocycles. The Bertz CT molecular complexity index is 1040. The number of likely N-dealkylation sites (tertiary alicyclic amines) is 1. The van der Waals surface area contributed by atoms with Crippen molar-refractivity contribution in [3.63, 3.8) is 0 Å². The first-order valence-corrected chi connectivity index (χ1v) is 12.2. The number of halogens is 2. The summed E-state index contributed by atoms with van der Waals surface area (Å²) in [7, 11) is 0. The van der Waals surface area contributed by atoms with Crippen LogP contribution < -0.4 is 10.6 Å². The maximum absolute atomic E-state index is 13.2. The predicted octanol–water partition coefficient (Wildman–Crippen LogP) is 4.19. The second-order valence-corrected chi connectivity index (χ2v) is 9.44. The average molecular weight is 486 g/mol. The molecule has 0 aromatic heterocycles. The number of hydrogen-bond donors (Lipinski definition) is 2.